The molecule has 0 aliphatic rings. The number of hydrogen-bond donors (Lipinski definition) is 0. The standard InChI is InChI=1S/C16H12NS/c1-17-10-18-16-14-9-5-3-7-12(14)11-6-2-4-8-13(11)15(16)17/h2-10H,1H3/q+1. The number of aryl methyl sites for hydroxylation is 1. The van der Waals surface area contributed by atoms with Crippen molar-refractivity contribution in [2.75, 3.05) is 0 Å². The Bertz CT molecular complexity index is 889. The zero-order valence-electron chi connectivity index (χ0n) is 10.1. The van der Waals surface area contributed by atoms with E-state index in [1.54, 1.807) is 0 Å². The molecule has 1 aromatic heterocycles. The van der Waals surface area contributed by atoms with Gasteiger partial charge in [0.05, 0.1) is 5.39 Å². The van der Waals surface area contributed by atoms with Gasteiger partial charge in [-0.3, -0.25) is 0 Å². The molecule has 18 heavy (non-hydrogen) atoms. The summed E-state index contributed by atoms with van der Waals surface area (Å²) in [7, 11) is 2.13. The Morgan fingerprint density at radius 3 is 2.06 bits per heavy atom. The Hall–Kier alpha value is -1.93. The minimum atomic E-state index is 1.34. The number of aromatic nitrogens is 1. The van der Waals surface area contributed by atoms with Gasteiger partial charge in [0, 0.05) is 5.39 Å². The van der Waals surface area contributed by atoms with Crippen LogP contribution in [0.15, 0.2) is 54.0 Å². The second kappa shape index (κ2) is 3.53. The van der Waals surface area contributed by atoms with E-state index in [2.05, 4.69) is 65.7 Å². The lowest BCUT2D eigenvalue weighted by atomic mass is 10.0. The molecule has 4 rings (SSSR count). The van der Waals surface area contributed by atoms with E-state index in [4.69, 9.17) is 0 Å². The maximum atomic E-state index is 2.23. The van der Waals surface area contributed by atoms with Crippen LogP contribution in [0.25, 0.3) is 31.8 Å². The molecule has 4 aromatic rings. The fourth-order valence-electron chi connectivity index (χ4n) is 2.74. The number of nitrogens with zero attached hydrogens (tertiary/aromatic N) is 1. The van der Waals surface area contributed by atoms with E-state index in [0.29, 0.717) is 0 Å². The molecule has 0 spiro atoms. The van der Waals surface area contributed by atoms with Crippen molar-refractivity contribution in [3.8, 4) is 0 Å². The Morgan fingerprint density at radius 2 is 1.33 bits per heavy atom. The predicted octanol–water partition coefficient (Wildman–Crippen LogP) is 4.03. The first-order valence-electron chi connectivity index (χ1n) is 6.02. The molecular formula is C16H12NS+. The van der Waals surface area contributed by atoms with E-state index >= 15 is 0 Å². The summed E-state index contributed by atoms with van der Waals surface area (Å²) in [5, 5.41) is 5.39. The van der Waals surface area contributed by atoms with Gasteiger partial charge >= 0.3 is 0 Å². The van der Waals surface area contributed by atoms with E-state index in [1.165, 1.54) is 31.8 Å². The molecule has 1 nitrogen and oxygen atoms in total. The van der Waals surface area contributed by atoms with Crippen molar-refractivity contribution >= 4 is 43.1 Å². The van der Waals surface area contributed by atoms with Crippen LogP contribution in [0.3, 0.4) is 0 Å². The van der Waals surface area contributed by atoms with Crippen molar-refractivity contribution < 1.29 is 4.57 Å². The molecule has 0 aliphatic carbocycles. The summed E-state index contributed by atoms with van der Waals surface area (Å²) in [4.78, 5) is 0. The van der Waals surface area contributed by atoms with Crippen LogP contribution in [0.5, 0.6) is 0 Å². The quantitative estimate of drug-likeness (QED) is 0.328. The number of benzene rings is 3. The molecular weight excluding hydrogens is 238 g/mol. The lowest BCUT2D eigenvalue weighted by Crippen LogP contribution is -2.24. The zero-order chi connectivity index (χ0) is 12.1. The highest BCUT2D eigenvalue weighted by Crippen LogP contribution is 2.35. The Morgan fingerprint density at radius 1 is 0.778 bits per heavy atom. The topological polar surface area (TPSA) is 3.88 Å². The fourth-order valence-corrected chi connectivity index (χ4v) is 3.78. The van der Waals surface area contributed by atoms with E-state index in [0.717, 1.165) is 0 Å². The summed E-state index contributed by atoms with van der Waals surface area (Å²) < 4.78 is 3.61. The molecule has 0 aliphatic heterocycles. The number of rotatable bonds is 0. The van der Waals surface area contributed by atoms with Crippen molar-refractivity contribution in [3.63, 3.8) is 0 Å². The monoisotopic (exact) mass is 250 g/mol. The molecule has 0 saturated carbocycles. The maximum Gasteiger partial charge on any atom is 0.231 e. The van der Waals surface area contributed by atoms with Crippen LogP contribution in [0.4, 0.5) is 0 Å². The highest BCUT2D eigenvalue weighted by atomic mass is 32.1. The van der Waals surface area contributed by atoms with Crippen molar-refractivity contribution in [3.05, 3.63) is 54.0 Å². The zero-order valence-corrected chi connectivity index (χ0v) is 10.9. The summed E-state index contributed by atoms with van der Waals surface area (Å²) in [6.45, 7) is 0. The first-order chi connectivity index (χ1) is 8.86. The van der Waals surface area contributed by atoms with Crippen LogP contribution in [-0.4, -0.2) is 0 Å². The molecule has 86 valence electrons. The van der Waals surface area contributed by atoms with Crippen molar-refractivity contribution in [1.82, 2.24) is 0 Å². The van der Waals surface area contributed by atoms with Gasteiger partial charge in [-0.25, -0.2) is 0 Å². The van der Waals surface area contributed by atoms with Gasteiger partial charge in [0.25, 0.3) is 0 Å². The summed E-state index contributed by atoms with van der Waals surface area (Å²) in [6, 6.07) is 17.4. The third kappa shape index (κ3) is 1.18. The summed E-state index contributed by atoms with van der Waals surface area (Å²) >= 11 is 1.82. The van der Waals surface area contributed by atoms with Gasteiger partial charge in [0.2, 0.25) is 11.0 Å². The lowest BCUT2D eigenvalue weighted by Gasteiger charge is -2.03. The first kappa shape index (κ1) is 10.0. The van der Waals surface area contributed by atoms with Crippen LogP contribution >= 0.6 is 11.3 Å². The van der Waals surface area contributed by atoms with Crippen LogP contribution in [0.2, 0.25) is 0 Å². The summed E-state index contributed by atoms with van der Waals surface area (Å²) in [5.74, 6) is 0. The van der Waals surface area contributed by atoms with Gasteiger partial charge < -0.3 is 0 Å². The third-order valence-electron chi connectivity index (χ3n) is 3.54. The second-order valence-corrected chi connectivity index (χ2v) is 5.46. The molecule has 0 fully saturated rings. The molecule has 0 amide bonds. The third-order valence-corrected chi connectivity index (χ3v) is 4.61. The summed E-state index contributed by atoms with van der Waals surface area (Å²) in [6.07, 6.45) is 0. The first-order valence-corrected chi connectivity index (χ1v) is 6.90. The molecule has 0 N–H and O–H groups in total. The largest absolute Gasteiger partial charge is 0.231 e. The van der Waals surface area contributed by atoms with E-state index in [-0.39, 0.29) is 0 Å². The van der Waals surface area contributed by atoms with Gasteiger partial charge in [0.15, 0.2) is 0 Å². The maximum absolute atomic E-state index is 2.23. The van der Waals surface area contributed by atoms with Gasteiger partial charge in [-0.2, -0.15) is 4.57 Å². The molecule has 0 atom stereocenters. The molecule has 2 heteroatoms. The van der Waals surface area contributed by atoms with E-state index < -0.39 is 0 Å². The second-order valence-electron chi connectivity index (χ2n) is 4.60. The molecule has 0 unspecified atom stereocenters. The van der Waals surface area contributed by atoms with Crippen LogP contribution < -0.4 is 4.57 Å². The van der Waals surface area contributed by atoms with Gasteiger partial charge in [-0.1, -0.05) is 53.8 Å². The highest BCUT2D eigenvalue weighted by Gasteiger charge is 2.16. The molecule has 0 radical (unpaired) electrons. The van der Waals surface area contributed by atoms with Crippen molar-refractivity contribution in [2.24, 2.45) is 7.05 Å². The SMILES string of the molecule is C[n+]1csc2c3ccccc3c3ccccc3c21. The van der Waals surface area contributed by atoms with Crippen molar-refractivity contribution in [2.45, 2.75) is 0 Å². The van der Waals surface area contributed by atoms with Gasteiger partial charge in [-0.15, -0.1) is 0 Å². The Balaban J connectivity index is 2.48. The Labute approximate surface area is 109 Å². The highest BCUT2D eigenvalue weighted by molar-refractivity contribution is 7.17. The number of fused-ring (bicyclic) bond motifs is 6. The van der Waals surface area contributed by atoms with Gasteiger partial charge in [0.1, 0.15) is 11.7 Å². The molecule has 0 bridgehead atoms. The molecule has 1 heterocycles. The van der Waals surface area contributed by atoms with E-state index in [1.807, 2.05) is 11.3 Å². The molecule has 3 aromatic carbocycles. The summed E-state index contributed by atoms with van der Waals surface area (Å²) in [5.41, 5.74) is 3.53. The van der Waals surface area contributed by atoms with Crippen LogP contribution in [-0.2, 0) is 7.05 Å². The molecule has 0 saturated heterocycles. The minimum Gasteiger partial charge on any atom is -0.191 e. The van der Waals surface area contributed by atoms with Gasteiger partial charge in [-0.05, 0) is 16.8 Å². The number of hydrogen-bond acceptors (Lipinski definition) is 1. The fraction of sp³-hybridized carbons (Fsp3) is 0.0625. The predicted molar refractivity (Wildman–Crippen MR) is 78.0 cm³/mol. The van der Waals surface area contributed by atoms with Crippen LogP contribution in [0.1, 0.15) is 0 Å². The minimum absolute atomic E-state index is 1.34. The lowest BCUT2D eigenvalue weighted by molar-refractivity contribution is -0.639. The smallest absolute Gasteiger partial charge is 0.191 e. The van der Waals surface area contributed by atoms with E-state index in [9.17, 15) is 0 Å². The normalized spacial score (nSPS) is 11.6. The van der Waals surface area contributed by atoms with Crippen LogP contribution in [0, 0.1) is 0 Å². The number of thiazole rings is 1. The average molecular weight is 250 g/mol. The average Bonchev–Trinajstić information content (AvgIpc) is 2.82. The Kier molecular flexibility index (Phi) is 1.97. The van der Waals surface area contributed by atoms with Crippen molar-refractivity contribution in [1.29, 1.82) is 0 Å².